The second-order valence-corrected chi connectivity index (χ2v) is 7.39. The summed E-state index contributed by atoms with van der Waals surface area (Å²) >= 11 is 6.08. The highest BCUT2D eigenvalue weighted by Gasteiger charge is 2.48. The van der Waals surface area contributed by atoms with E-state index in [1.54, 1.807) is 35.2 Å². The summed E-state index contributed by atoms with van der Waals surface area (Å²) < 4.78 is 0. The van der Waals surface area contributed by atoms with E-state index < -0.39 is 17.4 Å². The molecule has 1 amide bonds. The lowest BCUT2D eigenvalue weighted by molar-refractivity contribution is -0.142. The van der Waals surface area contributed by atoms with Gasteiger partial charge in [-0.25, -0.2) is 0 Å². The Bertz CT molecular complexity index is 860. The molecule has 1 N–H and O–H groups in total. The Labute approximate surface area is 152 Å². The smallest absolute Gasteiger partial charge is 0.313 e. The molecule has 3 rings (SSSR count). The average molecular weight is 358 g/mol. The van der Waals surface area contributed by atoms with E-state index in [0.717, 1.165) is 11.1 Å². The molecule has 0 saturated carbocycles. The molecule has 0 fully saturated rings. The molecular formula is C20H20ClNO3. The van der Waals surface area contributed by atoms with E-state index in [2.05, 4.69) is 0 Å². The first-order chi connectivity index (χ1) is 11.7. The fraction of sp³-hybridized carbons (Fsp3) is 0.300. The van der Waals surface area contributed by atoms with Crippen molar-refractivity contribution in [3.05, 3.63) is 69.7 Å². The number of carbonyl (C=O) groups is 2. The number of rotatable bonds is 3. The molecule has 2 aromatic rings. The molecule has 130 valence electrons. The fourth-order valence-corrected chi connectivity index (χ4v) is 3.70. The van der Waals surface area contributed by atoms with Crippen LogP contribution in [0.1, 0.15) is 46.8 Å². The van der Waals surface area contributed by atoms with E-state index in [4.69, 9.17) is 11.6 Å². The van der Waals surface area contributed by atoms with Crippen molar-refractivity contribution in [1.29, 1.82) is 0 Å². The minimum Gasteiger partial charge on any atom is -0.481 e. The number of fused-ring (bicyclic) bond motifs is 1. The van der Waals surface area contributed by atoms with Crippen LogP contribution in [0.5, 0.6) is 0 Å². The lowest BCUT2D eigenvalue weighted by Crippen LogP contribution is -2.56. The van der Waals surface area contributed by atoms with Crippen molar-refractivity contribution in [3.63, 3.8) is 0 Å². The summed E-state index contributed by atoms with van der Waals surface area (Å²) in [4.78, 5) is 26.7. The highest BCUT2D eigenvalue weighted by molar-refractivity contribution is 6.31. The standard InChI is InChI=1S/C20H20ClNO3/c1-12-10-13(8-9-16(12)21)11-22-18(23)15-7-5-4-6-14(15)17(19(24)25)20(22,2)3/h4-10,17H,11H2,1-3H3,(H,24,25). The number of halogens is 1. The monoisotopic (exact) mass is 357 g/mol. The summed E-state index contributed by atoms with van der Waals surface area (Å²) in [6.45, 7) is 5.86. The molecule has 1 aliphatic rings. The zero-order valence-electron chi connectivity index (χ0n) is 14.4. The third-order valence-corrected chi connectivity index (χ3v) is 5.38. The molecule has 1 atom stereocenters. The molecule has 1 heterocycles. The number of carboxylic acids is 1. The summed E-state index contributed by atoms with van der Waals surface area (Å²) in [6, 6.07) is 12.6. The summed E-state index contributed by atoms with van der Waals surface area (Å²) in [7, 11) is 0. The molecule has 0 radical (unpaired) electrons. The second-order valence-electron chi connectivity index (χ2n) is 6.99. The minimum absolute atomic E-state index is 0.147. The van der Waals surface area contributed by atoms with E-state index >= 15 is 0 Å². The Kier molecular flexibility index (Phi) is 4.33. The minimum atomic E-state index is -0.928. The molecule has 0 aromatic heterocycles. The number of benzene rings is 2. The van der Waals surface area contributed by atoms with Crippen LogP contribution in [-0.2, 0) is 11.3 Å². The van der Waals surface area contributed by atoms with Crippen LogP contribution in [0.3, 0.4) is 0 Å². The average Bonchev–Trinajstić information content (AvgIpc) is 2.54. The van der Waals surface area contributed by atoms with Gasteiger partial charge in [-0.05, 0) is 49.6 Å². The van der Waals surface area contributed by atoms with E-state index in [1.165, 1.54) is 0 Å². The normalized spacial score (nSPS) is 18.8. The van der Waals surface area contributed by atoms with E-state index in [-0.39, 0.29) is 5.91 Å². The van der Waals surface area contributed by atoms with Crippen molar-refractivity contribution in [3.8, 4) is 0 Å². The number of carboxylic acid groups (broad SMARTS) is 1. The van der Waals surface area contributed by atoms with Crippen molar-refractivity contribution in [2.75, 3.05) is 0 Å². The number of aliphatic carboxylic acids is 1. The molecule has 0 aliphatic carbocycles. The van der Waals surface area contributed by atoms with Gasteiger partial charge in [0.05, 0.1) is 5.54 Å². The number of hydrogen-bond donors (Lipinski definition) is 1. The number of nitrogens with zero attached hydrogens (tertiary/aromatic N) is 1. The van der Waals surface area contributed by atoms with Gasteiger partial charge in [0.15, 0.2) is 0 Å². The molecule has 1 unspecified atom stereocenters. The van der Waals surface area contributed by atoms with Crippen molar-refractivity contribution < 1.29 is 14.7 Å². The predicted molar refractivity (Wildman–Crippen MR) is 97.0 cm³/mol. The number of carbonyl (C=O) groups excluding carboxylic acids is 1. The van der Waals surface area contributed by atoms with E-state index in [9.17, 15) is 14.7 Å². The first kappa shape index (κ1) is 17.5. The van der Waals surface area contributed by atoms with Crippen LogP contribution >= 0.6 is 11.6 Å². The van der Waals surface area contributed by atoms with Gasteiger partial charge in [0.25, 0.3) is 5.91 Å². The molecule has 2 aromatic carbocycles. The van der Waals surface area contributed by atoms with Crippen LogP contribution in [-0.4, -0.2) is 27.4 Å². The quantitative estimate of drug-likeness (QED) is 0.893. The maximum absolute atomic E-state index is 13.1. The van der Waals surface area contributed by atoms with Crippen molar-refractivity contribution in [1.82, 2.24) is 4.90 Å². The van der Waals surface area contributed by atoms with Gasteiger partial charge in [0, 0.05) is 17.1 Å². The predicted octanol–water partition coefficient (Wildman–Crippen LogP) is 4.25. The highest BCUT2D eigenvalue weighted by Crippen LogP contribution is 2.41. The molecule has 5 heteroatoms. The van der Waals surface area contributed by atoms with Crippen LogP contribution in [0.25, 0.3) is 0 Å². The molecule has 0 spiro atoms. The Hall–Kier alpha value is -2.33. The van der Waals surface area contributed by atoms with Crippen LogP contribution < -0.4 is 0 Å². The molecule has 0 saturated heterocycles. The van der Waals surface area contributed by atoms with Gasteiger partial charge >= 0.3 is 5.97 Å². The third kappa shape index (κ3) is 2.91. The van der Waals surface area contributed by atoms with Crippen molar-refractivity contribution in [2.24, 2.45) is 0 Å². The SMILES string of the molecule is Cc1cc(CN2C(=O)c3ccccc3C(C(=O)O)C2(C)C)ccc1Cl. The largest absolute Gasteiger partial charge is 0.481 e. The van der Waals surface area contributed by atoms with Crippen LogP contribution in [0.4, 0.5) is 0 Å². The Morgan fingerprint density at radius 1 is 1.24 bits per heavy atom. The van der Waals surface area contributed by atoms with Gasteiger partial charge < -0.3 is 10.0 Å². The molecule has 25 heavy (non-hydrogen) atoms. The third-order valence-electron chi connectivity index (χ3n) is 4.96. The Morgan fingerprint density at radius 2 is 1.92 bits per heavy atom. The number of amides is 1. The van der Waals surface area contributed by atoms with E-state index in [1.807, 2.05) is 32.9 Å². The topological polar surface area (TPSA) is 57.6 Å². The maximum atomic E-state index is 13.1. The van der Waals surface area contributed by atoms with Gasteiger partial charge in [-0.1, -0.05) is 41.9 Å². The highest BCUT2D eigenvalue weighted by atomic mass is 35.5. The van der Waals surface area contributed by atoms with Crippen LogP contribution in [0.2, 0.25) is 5.02 Å². The number of hydrogen-bond acceptors (Lipinski definition) is 2. The Balaban J connectivity index is 2.08. The van der Waals surface area contributed by atoms with Gasteiger partial charge in [-0.2, -0.15) is 0 Å². The molecule has 4 nitrogen and oxygen atoms in total. The lowest BCUT2D eigenvalue weighted by Gasteiger charge is -2.47. The number of aryl methyl sites for hydroxylation is 1. The van der Waals surface area contributed by atoms with Gasteiger partial charge in [-0.3, -0.25) is 9.59 Å². The zero-order valence-corrected chi connectivity index (χ0v) is 15.2. The van der Waals surface area contributed by atoms with Gasteiger partial charge in [0.1, 0.15) is 5.92 Å². The second kappa shape index (κ2) is 6.19. The molecule has 0 bridgehead atoms. The Morgan fingerprint density at radius 3 is 2.56 bits per heavy atom. The maximum Gasteiger partial charge on any atom is 0.313 e. The summed E-state index contributed by atoms with van der Waals surface area (Å²) in [5, 5.41) is 10.5. The van der Waals surface area contributed by atoms with Gasteiger partial charge in [0.2, 0.25) is 0 Å². The van der Waals surface area contributed by atoms with Crippen molar-refractivity contribution in [2.45, 2.75) is 38.8 Å². The summed E-state index contributed by atoms with van der Waals surface area (Å²) in [5.74, 6) is -1.86. The van der Waals surface area contributed by atoms with Crippen molar-refractivity contribution >= 4 is 23.5 Å². The summed E-state index contributed by atoms with van der Waals surface area (Å²) in [6.07, 6.45) is 0. The van der Waals surface area contributed by atoms with E-state index in [0.29, 0.717) is 22.7 Å². The molecular weight excluding hydrogens is 338 g/mol. The zero-order chi connectivity index (χ0) is 18.4. The first-order valence-corrected chi connectivity index (χ1v) is 8.50. The van der Waals surface area contributed by atoms with Crippen LogP contribution in [0.15, 0.2) is 42.5 Å². The molecule has 1 aliphatic heterocycles. The van der Waals surface area contributed by atoms with Crippen LogP contribution in [0, 0.1) is 6.92 Å². The van der Waals surface area contributed by atoms with Gasteiger partial charge in [-0.15, -0.1) is 0 Å². The first-order valence-electron chi connectivity index (χ1n) is 8.12. The fourth-order valence-electron chi connectivity index (χ4n) is 3.59. The summed E-state index contributed by atoms with van der Waals surface area (Å²) in [5.41, 5.74) is 2.03. The lowest BCUT2D eigenvalue weighted by atomic mass is 9.74.